The van der Waals surface area contributed by atoms with Gasteiger partial charge < -0.3 is 10.4 Å². The largest absolute Gasteiger partial charge is 0.393 e. The van der Waals surface area contributed by atoms with Crippen molar-refractivity contribution in [2.75, 3.05) is 0 Å². The second-order valence-corrected chi connectivity index (χ2v) is 6.13. The zero-order chi connectivity index (χ0) is 12.8. The van der Waals surface area contributed by atoms with E-state index in [-0.39, 0.29) is 12.0 Å². The summed E-state index contributed by atoms with van der Waals surface area (Å²) >= 11 is 0. The molecule has 3 heteroatoms. The van der Waals surface area contributed by atoms with Gasteiger partial charge in [0.25, 0.3) is 0 Å². The van der Waals surface area contributed by atoms with Crippen molar-refractivity contribution in [3.8, 4) is 0 Å². The van der Waals surface area contributed by atoms with E-state index in [9.17, 15) is 9.90 Å². The Bertz CT molecular complexity index is 251. The first-order chi connectivity index (χ1) is 8.74. The van der Waals surface area contributed by atoms with E-state index in [4.69, 9.17) is 0 Å². The van der Waals surface area contributed by atoms with Crippen molar-refractivity contribution < 1.29 is 9.90 Å². The average molecular weight is 253 g/mol. The van der Waals surface area contributed by atoms with Gasteiger partial charge in [0, 0.05) is 12.5 Å². The number of hydrogen-bond donors (Lipinski definition) is 2. The fourth-order valence-corrected chi connectivity index (χ4v) is 3.34. The number of amides is 1. The number of rotatable bonds is 3. The normalized spacial score (nSPS) is 30.7. The van der Waals surface area contributed by atoms with Gasteiger partial charge in [-0.2, -0.15) is 0 Å². The lowest BCUT2D eigenvalue weighted by Gasteiger charge is -2.26. The van der Waals surface area contributed by atoms with Crippen LogP contribution in [0.3, 0.4) is 0 Å². The molecule has 0 aromatic carbocycles. The Morgan fingerprint density at radius 1 is 0.944 bits per heavy atom. The lowest BCUT2D eigenvalue weighted by Crippen LogP contribution is -2.39. The Hall–Kier alpha value is -0.570. The third-order valence-corrected chi connectivity index (χ3v) is 4.51. The first-order valence-corrected chi connectivity index (χ1v) is 7.71. The van der Waals surface area contributed by atoms with Crippen LogP contribution in [0, 0.1) is 5.92 Å². The molecule has 0 bridgehead atoms. The van der Waals surface area contributed by atoms with Crippen molar-refractivity contribution >= 4 is 5.91 Å². The predicted octanol–water partition coefficient (Wildman–Crippen LogP) is 2.77. The molecule has 0 saturated heterocycles. The summed E-state index contributed by atoms with van der Waals surface area (Å²) in [6.07, 6.45) is 11.9. The van der Waals surface area contributed by atoms with Crippen molar-refractivity contribution in [3.63, 3.8) is 0 Å². The van der Waals surface area contributed by atoms with E-state index < -0.39 is 0 Å². The SMILES string of the molecule is O=C(CC1CCCCCC1)NC1CCC(O)CC1. The Morgan fingerprint density at radius 2 is 1.56 bits per heavy atom. The number of carbonyl (C=O) groups is 1. The smallest absolute Gasteiger partial charge is 0.220 e. The standard InChI is InChI=1S/C15H27NO2/c17-14-9-7-13(8-10-14)16-15(18)11-12-5-3-1-2-4-6-12/h12-14,17H,1-11H2,(H,16,18). The number of nitrogens with one attached hydrogen (secondary N) is 1. The molecule has 0 radical (unpaired) electrons. The summed E-state index contributed by atoms with van der Waals surface area (Å²) in [5.74, 6) is 0.852. The molecule has 0 spiro atoms. The second kappa shape index (κ2) is 7.13. The molecule has 2 aliphatic rings. The Kier molecular flexibility index (Phi) is 5.48. The first kappa shape index (κ1) is 13.9. The van der Waals surface area contributed by atoms with Gasteiger partial charge >= 0.3 is 0 Å². The summed E-state index contributed by atoms with van der Waals surface area (Å²) in [6, 6.07) is 0.312. The molecule has 2 N–H and O–H groups in total. The van der Waals surface area contributed by atoms with Crippen LogP contribution in [0.25, 0.3) is 0 Å². The van der Waals surface area contributed by atoms with Crippen LogP contribution < -0.4 is 5.32 Å². The highest BCUT2D eigenvalue weighted by Gasteiger charge is 2.22. The van der Waals surface area contributed by atoms with Crippen LogP contribution in [0.2, 0.25) is 0 Å². The van der Waals surface area contributed by atoms with Crippen molar-refractivity contribution in [3.05, 3.63) is 0 Å². The molecule has 1 amide bonds. The van der Waals surface area contributed by atoms with Gasteiger partial charge in [-0.15, -0.1) is 0 Å². The van der Waals surface area contributed by atoms with Crippen LogP contribution in [0.5, 0.6) is 0 Å². The number of aliphatic hydroxyl groups is 1. The van der Waals surface area contributed by atoms with Gasteiger partial charge in [-0.1, -0.05) is 25.7 Å². The van der Waals surface area contributed by atoms with Gasteiger partial charge in [0.15, 0.2) is 0 Å². The summed E-state index contributed by atoms with van der Waals surface area (Å²) in [6.45, 7) is 0. The molecular formula is C15H27NO2. The van der Waals surface area contributed by atoms with Crippen molar-refractivity contribution in [2.45, 2.75) is 82.8 Å². The maximum Gasteiger partial charge on any atom is 0.220 e. The molecule has 2 saturated carbocycles. The molecule has 104 valence electrons. The lowest BCUT2D eigenvalue weighted by atomic mass is 9.92. The van der Waals surface area contributed by atoms with Crippen LogP contribution in [-0.2, 0) is 4.79 Å². The van der Waals surface area contributed by atoms with E-state index in [1.165, 1.54) is 38.5 Å². The molecule has 0 unspecified atom stereocenters. The van der Waals surface area contributed by atoms with Gasteiger partial charge in [0.1, 0.15) is 0 Å². The van der Waals surface area contributed by atoms with Gasteiger partial charge in [0.05, 0.1) is 6.10 Å². The van der Waals surface area contributed by atoms with Crippen LogP contribution in [-0.4, -0.2) is 23.2 Å². The third kappa shape index (κ3) is 4.60. The van der Waals surface area contributed by atoms with E-state index in [0.29, 0.717) is 12.0 Å². The summed E-state index contributed by atoms with van der Waals surface area (Å²) < 4.78 is 0. The highest BCUT2D eigenvalue weighted by Crippen LogP contribution is 2.25. The fourth-order valence-electron chi connectivity index (χ4n) is 3.34. The van der Waals surface area contributed by atoms with Crippen molar-refractivity contribution in [1.82, 2.24) is 5.32 Å². The number of aliphatic hydroxyl groups excluding tert-OH is 1. The molecule has 2 fully saturated rings. The molecule has 0 aromatic rings. The molecule has 0 aliphatic heterocycles. The first-order valence-electron chi connectivity index (χ1n) is 7.71. The maximum absolute atomic E-state index is 12.0. The molecule has 18 heavy (non-hydrogen) atoms. The highest BCUT2D eigenvalue weighted by atomic mass is 16.3. The summed E-state index contributed by atoms with van der Waals surface area (Å²) in [5, 5.41) is 12.6. The van der Waals surface area contributed by atoms with Gasteiger partial charge in [-0.05, 0) is 44.4 Å². The fraction of sp³-hybridized carbons (Fsp3) is 0.933. The number of carbonyl (C=O) groups excluding carboxylic acids is 1. The second-order valence-electron chi connectivity index (χ2n) is 6.13. The lowest BCUT2D eigenvalue weighted by molar-refractivity contribution is -0.123. The van der Waals surface area contributed by atoms with Crippen LogP contribution in [0.4, 0.5) is 0 Å². The molecule has 0 atom stereocenters. The Balaban J connectivity index is 1.67. The van der Waals surface area contributed by atoms with E-state index >= 15 is 0 Å². The molecular weight excluding hydrogens is 226 g/mol. The minimum absolute atomic E-state index is 0.139. The Labute approximate surface area is 110 Å². The summed E-state index contributed by atoms with van der Waals surface area (Å²) in [4.78, 5) is 12.0. The summed E-state index contributed by atoms with van der Waals surface area (Å²) in [7, 11) is 0. The quantitative estimate of drug-likeness (QED) is 0.760. The molecule has 0 heterocycles. The third-order valence-electron chi connectivity index (χ3n) is 4.51. The zero-order valence-electron chi connectivity index (χ0n) is 11.4. The van der Waals surface area contributed by atoms with E-state index in [1.54, 1.807) is 0 Å². The predicted molar refractivity (Wildman–Crippen MR) is 72.2 cm³/mol. The molecule has 2 aliphatic carbocycles. The van der Waals surface area contributed by atoms with Crippen LogP contribution >= 0.6 is 0 Å². The Morgan fingerprint density at radius 3 is 2.17 bits per heavy atom. The highest BCUT2D eigenvalue weighted by molar-refractivity contribution is 5.76. The van der Waals surface area contributed by atoms with Crippen LogP contribution in [0.15, 0.2) is 0 Å². The topological polar surface area (TPSA) is 49.3 Å². The van der Waals surface area contributed by atoms with Gasteiger partial charge in [0.2, 0.25) is 5.91 Å². The van der Waals surface area contributed by atoms with E-state index in [2.05, 4.69) is 5.32 Å². The monoisotopic (exact) mass is 253 g/mol. The van der Waals surface area contributed by atoms with Crippen molar-refractivity contribution in [1.29, 1.82) is 0 Å². The average Bonchev–Trinajstić information content (AvgIpc) is 2.61. The maximum atomic E-state index is 12.0. The molecule has 2 rings (SSSR count). The van der Waals surface area contributed by atoms with E-state index in [0.717, 1.165) is 32.1 Å². The van der Waals surface area contributed by atoms with Crippen LogP contribution in [0.1, 0.15) is 70.6 Å². The summed E-state index contributed by atoms with van der Waals surface area (Å²) in [5.41, 5.74) is 0. The van der Waals surface area contributed by atoms with Crippen molar-refractivity contribution in [2.24, 2.45) is 5.92 Å². The minimum Gasteiger partial charge on any atom is -0.393 e. The number of hydrogen-bond acceptors (Lipinski definition) is 2. The molecule has 3 nitrogen and oxygen atoms in total. The minimum atomic E-state index is -0.139. The van der Waals surface area contributed by atoms with Gasteiger partial charge in [-0.3, -0.25) is 4.79 Å². The van der Waals surface area contributed by atoms with E-state index in [1.807, 2.05) is 0 Å². The molecule has 0 aromatic heterocycles. The zero-order valence-corrected chi connectivity index (χ0v) is 11.4. The van der Waals surface area contributed by atoms with Gasteiger partial charge in [-0.25, -0.2) is 0 Å².